The molecule has 0 aliphatic carbocycles. The van der Waals surface area contributed by atoms with Gasteiger partial charge in [0.1, 0.15) is 17.1 Å². The molecule has 40 heavy (non-hydrogen) atoms. The molecule has 0 spiro atoms. The van der Waals surface area contributed by atoms with E-state index in [0.29, 0.717) is 22.7 Å². The van der Waals surface area contributed by atoms with Crippen molar-refractivity contribution in [3.05, 3.63) is 60.8 Å². The maximum absolute atomic E-state index is 13.9. The van der Waals surface area contributed by atoms with Crippen molar-refractivity contribution in [1.29, 1.82) is 0 Å². The minimum Gasteiger partial charge on any atom is -0.354 e. The minimum absolute atomic E-state index is 0.0878. The van der Waals surface area contributed by atoms with Crippen LogP contribution in [0.2, 0.25) is 0 Å². The van der Waals surface area contributed by atoms with Crippen LogP contribution in [0.4, 0.5) is 21.8 Å². The first-order chi connectivity index (χ1) is 19.2. The lowest BCUT2D eigenvalue weighted by Crippen LogP contribution is -2.44. The van der Waals surface area contributed by atoms with Crippen LogP contribution in [0.3, 0.4) is 0 Å². The van der Waals surface area contributed by atoms with Gasteiger partial charge in [0.2, 0.25) is 5.95 Å². The Morgan fingerprint density at radius 2 is 1.93 bits per heavy atom. The highest BCUT2D eigenvalue weighted by Crippen LogP contribution is 2.30. The van der Waals surface area contributed by atoms with Crippen LogP contribution in [0.25, 0.3) is 27.7 Å². The van der Waals surface area contributed by atoms with E-state index >= 15 is 0 Å². The van der Waals surface area contributed by atoms with Crippen molar-refractivity contribution in [2.45, 2.75) is 19.5 Å². The van der Waals surface area contributed by atoms with Gasteiger partial charge in [-0.2, -0.15) is 10.1 Å². The molecule has 1 fully saturated rings. The Balaban J connectivity index is 1.20. The van der Waals surface area contributed by atoms with E-state index in [1.54, 1.807) is 23.1 Å². The number of pyridine rings is 2. The van der Waals surface area contributed by atoms with E-state index in [2.05, 4.69) is 52.5 Å². The van der Waals surface area contributed by atoms with Crippen molar-refractivity contribution in [2.24, 2.45) is 0 Å². The zero-order chi connectivity index (χ0) is 27.9. The van der Waals surface area contributed by atoms with E-state index in [1.807, 2.05) is 30.5 Å². The summed E-state index contributed by atoms with van der Waals surface area (Å²) in [6.45, 7) is 6.73. The molecule has 3 N–H and O–H groups in total. The SMILES string of the molecule is CN1CCN(c2ccc(Nc3ncc4c(-c5ccn6ncc(C(=O)NCC(C)(C)F)c6c5)c[nH]c4n3)cn2)CC1. The maximum atomic E-state index is 13.9. The van der Waals surface area contributed by atoms with E-state index < -0.39 is 5.67 Å². The van der Waals surface area contributed by atoms with Gasteiger partial charge in [-0.1, -0.05) is 0 Å². The predicted octanol–water partition coefficient (Wildman–Crippen LogP) is 3.64. The minimum atomic E-state index is -1.51. The molecular weight excluding hydrogens is 511 g/mol. The molecule has 0 bridgehead atoms. The summed E-state index contributed by atoms with van der Waals surface area (Å²) in [4.78, 5) is 34.3. The average Bonchev–Trinajstić information content (AvgIpc) is 3.56. The summed E-state index contributed by atoms with van der Waals surface area (Å²) in [6, 6.07) is 7.79. The highest BCUT2D eigenvalue weighted by Gasteiger charge is 2.20. The fourth-order valence-electron chi connectivity index (χ4n) is 4.73. The summed E-state index contributed by atoms with van der Waals surface area (Å²) >= 11 is 0. The van der Waals surface area contributed by atoms with Crippen molar-refractivity contribution in [1.82, 2.24) is 39.8 Å². The number of halogens is 1. The number of anilines is 3. The van der Waals surface area contributed by atoms with Gasteiger partial charge in [-0.25, -0.2) is 18.9 Å². The number of hydrogen-bond acceptors (Lipinski definition) is 8. The normalized spacial score (nSPS) is 14.7. The molecular formula is C28H31FN10O. The van der Waals surface area contributed by atoms with Crippen molar-refractivity contribution in [3.8, 4) is 11.1 Å². The first-order valence-electron chi connectivity index (χ1n) is 13.2. The number of piperazine rings is 1. The van der Waals surface area contributed by atoms with Crippen LogP contribution in [0, 0.1) is 0 Å². The summed E-state index contributed by atoms with van der Waals surface area (Å²) in [5.74, 6) is 1.05. The fourth-order valence-corrected chi connectivity index (χ4v) is 4.73. The number of likely N-dealkylation sites (N-methyl/N-ethyl adjacent to an activating group) is 1. The fraction of sp³-hybridized carbons (Fsp3) is 0.321. The van der Waals surface area contributed by atoms with Crippen LogP contribution in [0.5, 0.6) is 0 Å². The molecule has 0 atom stereocenters. The average molecular weight is 543 g/mol. The smallest absolute Gasteiger partial charge is 0.255 e. The van der Waals surface area contributed by atoms with Crippen molar-refractivity contribution in [3.63, 3.8) is 0 Å². The number of hydrogen-bond donors (Lipinski definition) is 3. The molecule has 206 valence electrons. The summed E-state index contributed by atoms with van der Waals surface area (Å²) in [5, 5.41) is 11.0. The molecule has 0 radical (unpaired) electrons. The number of aromatic nitrogens is 6. The van der Waals surface area contributed by atoms with E-state index in [-0.39, 0.29) is 12.5 Å². The van der Waals surface area contributed by atoms with E-state index in [4.69, 9.17) is 0 Å². The maximum Gasteiger partial charge on any atom is 0.255 e. The lowest BCUT2D eigenvalue weighted by Gasteiger charge is -2.33. The number of fused-ring (bicyclic) bond motifs is 2. The van der Waals surface area contributed by atoms with Crippen LogP contribution in [-0.4, -0.2) is 85.8 Å². The van der Waals surface area contributed by atoms with Crippen LogP contribution in [0.15, 0.2) is 55.2 Å². The highest BCUT2D eigenvalue weighted by molar-refractivity contribution is 6.02. The number of nitrogens with one attached hydrogen (secondary N) is 3. The van der Waals surface area contributed by atoms with Gasteiger partial charge in [0, 0.05) is 55.7 Å². The Kier molecular flexibility index (Phi) is 6.54. The number of nitrogens with zero attached hydrogens (tertiary/aromatic N) is 7. The van der Waals surface area contributed by atoms with Crippen molar-refractivity contribution in [2.75, 3.05) is 50.0 Å². The Hall–Kier alpha value is -4.58. The standard InChI is InChI=1S/C28H31FN10O/c1-28(2,29)17-33-26(40)22-16-34-39-7-6-18(12-23(22)39)20-14-31-25-21(20)15-32-27(36-25)35-19-4-5-24(30-13-19)38-10-8-37(3)9-11-38/h4-7,12-16H,8-11,17H2,1-3H3,(H,33,40)(H2,31,32,35,36). The second-order valence-electron chi connectivity index (χ2n) is 10.7. The number of amides is 1. The molecule has 0 unspecified atom stereocenters. The van der Waals surface area contributed by atoms with Crippen LogP contribution >= 0.6 is 0 Å². The Labute approximate surface area is 230 Å². The monoisotopic (exact) mass is 542 g/mol. The molecule has 5 aromatic heterocycles. The largest absolute Gasteiger partial charge is 0.354 e. The molecule has 1 aliphatic rings. The number of aromatic amines is 1. The molecule has 0 saturated carbocycles. The number of carbonyl (C=O) groups is 1. The zero-order valence-corrected chi connectivity index (χ0v) is 22.6. The molecule has 12 heteroatoms. The first-order valence-corrected chi connectivity index (χ1v) is 13.2. The van der Waals surface area contributed by atoms with Gasteiger partial charge in [-0.05, 0) is 50.7 Å². The molecule has 6 rings (SSSR count). The summed E-state index contributed by atoms with van der Waals surface area (Å²) < 4.78 is 15.5. The van der Waals surface area contributed by atoms with Crippen LogP contribution in [0.1, 0.15) is 24.2 Å². The third-order valence-electron chi connectivity index (χ3n) is 7.01. The topological polar surface area (TPSA) is 119 Å². The molecule has 0 aromatic carbocycles. The number of rotatable bonds is 7. The molecule has 1 saturated heterocycles. The number of carbonyl (C=O) groups excluding carboxylic acids is 1. The van der Waals surface area contributed by atoms with Gasteiger partial charge in [-0.3, -0.25) is 4.79 Å². The van der Waals surface area contributed by atoms with Gasteiger partial charge in [0.15, 0.2) is 0 Å². The zero-order valence-electron chi connectivity index (χ0n) is 22.6. The molecule has 5 aromatic rings. The predicted molar refractivity (Wildman–Crippen MR) is 153 cm³/mol. The van der Waals surface area contributed by atoms with E-state index in [1.165, 1.54) is 20.0 Å². The molecule has 6 heterocycles. The summed E-state index contributed by atoms with van der Waals surface area (Å²) in [7, 11) is 2.13. The van der Waals surface area contributed by atoms with Crippen molar-refractivity contribution < 1.29 is 9.18 Å². The molecule has 1 aliphatic heterocycles. The lowest BCUT2D eigenvalue weighted by atomic mass is 10.1. The van der Waals surface area contributed by atoms with Crippen LogP contribution < -0.4 is 15.5 Å². The second kappa shape index (κ2) is 10.2. The number of alkyl halides is 1. The summed E-state index contributed by atoms with van der Waals surface area (Å²) in [5.41, 5.74) is 2.72. The van der Waals surface area contributed by atoms with Crippen molar-refractivity contribution >= 4 is 39.9 Å². The lowest BCUT2D eigenvalue weighted by molar-refractivity contribution is 0.0922. The van der Waals surface area contributed by atoms with Gasteiger partial charge in [-0.15, -0.1) is 0 Å². The Morgan fingerprint density at radius 3 is 2.67 bits per heavy atom. The van der Waals surface area contributed by atoms with Gasteiger partial charge < -0.3 is 25.4 Å². The van der Waals surface area contributed by atoms with Gasteiger partial charge in [0.25, 0.3) is 5.91 Å². The van der Waals surface area contributed by atoms with E-state index in [9.17, 15) is 9.18 Å². The van der Waals surface area contributed by atoms with E-state index in [0.717, 1.165) is 54.2 Å². The quantitative estimate of drug-likeness (QED) is 0.285. The van der Waals surface area contributed by atoms with Crippen LogP contribution in [-0.2, 0) is 0 Å². The Morgan fingerprint density at radius 1 is 1.10 bits per heavy atom. The summed E-state index contributed by atoms with van der Waals surface area (Å²) in [6.07, 6.45) is 8.70. The Bertz CT molecular complexity index is 1660. The second-order valence-corrected chi connectivity index (χ2v) is 10.7. The first kappa shape index (κ1) is 25.7. The third-order valence-corrected chi connectivity index (χ3v) is 7.01. The molecule has 11 nitrogen and oxygen atoms in total. The van der Waals surface area contributed by atoms with Gasteiger partial charge in [0.05, 0.1) is 35.7 Å². The third kappa shape index (κ3) is 5.30. The molecule has 1 amide bonds. The highest BCUT2D eigenvalue weighted by atomic mass is 19.1. The van der Waals surface area contributed by atoms with Gasteiger partial charge >= 0.3 is 0 Å². The number of H-pyrrole nitrogens is 1.